The van der Waals surface area contributed by atoms with Crippen molar-refractivity contribution < 1.29 is 4.39 Å². The second-order valence-electron chi connectivity index (χ2n) is 5.63. The molecular weight excluding hydrogens is 331 g/mol. The predicted octanol–water partition coefficient (Wildman–Crippen LogP) is 4.74. The zero-order valence-corrected chi connectivity index (χ0v) is 14.3. The van der Waals surface area contributed by atoms with Gasteiger partial charge in [-0.2, -0.15) is 0 Å². The van der Waals surface area contributed by atoms with Crippen LogP contribution in [0.2, 0.25) is 0 Å². The predicted molar refractivity (Wildman–Crippen MR) is 88.9 cm³/mol. The van der Waals surface area contributed by atoms with E-state index in [-0.39, 0.29) is 5.82 Å². The summed E-state index contributed by atoms with van der Waals surface area (Å²) >= 11 is 3.28. The molecule has 1 aromatic carbocycles. The number of rotatable bonds is 6. The van der Waals surface area contributed by atoms with Crippen molar-refractivity contribution in [3.63, 3.8) is 0 Å². The zero-order chi connectivity index (χ0) is 15.4. The highest BCUT2D eigenvalue weighted by atomic mass is 79.9. The van der Waals surface area contributed by atoms with Crippen LogP contribution in [0.3, 0.4) is 0 Å². The van der Waals surface area contributed by atoms with Crippen molar-refractivity contribution in [1.29, 1.82) is 0 Å². The molecule has 0 amide bonds. The zero-order valence-electron chi connectivity index (χ0n) is 12.7. The Balaban J connectivity index is 2.15. The molecule has 0 aliphatic carbocycles. The second-order valence-corrected chi connectivity index (χ2v) is 6.55. The summed E-state index contributed by atoms with van der Waals surface area (Å²) in [5.74, 6) is 0.344. The van der Waals surface area contributed by atoms with Crippen molar-refractivity contribution in [3.8, 4) is 0 Å². The van der Waals surface area contributed by atoms with E-state index in [9.17, 15) is 4.39 Å². The third-order valence-electron chi connectivity index (χ3n) is 3.59. The van der Waals surface area contributed by atoms with E-state index in [4.69, 9.17) is 0 Å². The molecule has 114 valence electrons. The summed E-state index contributed by atoms with van der Waals surface area (Å²) in [6.45, 7) is 8.02. The van der Waals surface area contributed by atoms with Crippen LogP contribution in [0, 0.1) is 11.7 Å². The summed E-state index contributed by atoms with van der Waals surface area (Å²) in [5.41, 5.74) is 1.95. The second kappa shape index (κ2) is 7.23. The average molecular weight is 353 g/mol. The normalized spacial score (nSPS) is 12.9. The molecule has 0 saturated carbocycles. The van der Waals surface area contributed by atoms with Gasteiger partial charge in [-0.05, 0) is 36.2 Å². The van der Waals surface area contributed by atoms with Gasteiger partial charge in [-0.15, -0.1) is 0 Å². The van der Waals surface area contributed by atoms with E-state index in [1.807, 2.05) is 22.9 Å². The van der Waals surface area contributed by atoms with E-state index < -0.39 is 0 Å². The number of nitrogens with one attached hydrogen (secondary N) is 1. The van der Waals surface area contributed by atoms with Gasteiger partial charge in [0.25, 0.3) is 0 Å². The molecule has 0 bridgehead atoms. The van der Waals surface area contributed by atoms with Crippen molar-refractivity contribution in [2.24, 2.45) is 5.92 Å². The lowest BCUT2D eigenvalue weighted by molar-refractivity contribution is 0.421. The first-order valence-corrected chi connectivity index (χ1v) is 8.13. The quantitative estimate of drug-likeness (QED) is 0.793. The van der Waals surface area contributed by atoms with E-state index >= 15 is 0 Å². The van der Waals surface area contributed by atoms with Gasteiger partial charge in [0.15, 0.2) is 0 Å². The summed E-state index contributed by atoms with van der Waals surface area (Å²) in [6, 6.07) is 7.66. The van der Waals surface area contributed by atoms with Gasteiger partial charge in [0.05, 0.1) is 0 Å². The van der Waals surface area contributed by atoms with Crippen LogP contribution >= 0.6 is 15.9 Å². The Kier molecular flexibility index (Phi) is 5.59. The van der Waals surface area contributed by atoms with Crippen LogP contribution < -0.4 is 5.32 Å². The van der Waals surface area contributed by atoms with Crippen molar-refractivity contribution in [2.75, 3.05) is 6.54 Å². The van der Waals surface area contributed by atoms with Crippen molar-refractivity contribution in [1.82, 2.24) is 9.88 Å². The highest BCUT2D eigenvalue weighted by Crippen LogP contribution is 2.23. The Labute approximate surface area is 134 Å². The fraction of sp³-hybridized carbons (Fsp3) is 0.412. The van der Waals surface area contributed by atoms with Crippen LogP contribution in [0.25, 0.3) is 0 Å². The number of halogens is 2. The third kappa shape index (κ3) is 4.17. The van der Waals surface area contributed by atoms with Crippen molar-refractivity contribution >= 4 is 15.9 Å². The number of hydrogen-bond donors (Lipinski definition) is 1. The highest BCUT2D eigenvalue weighted by molar-refractivity contribution is 9.10. The summed E-state index contributed by atoms with van der Waals surface area (Å²) in [4.78, 5) is 0. The number of aromatic nitrogens is 1. The van der Waals surface area contributed by atoms with Crippen molar-refractivity contribution in [3.05, 3.63) is 58.1 Å². The first-order chi connectivity index (χ1) is 10.0. The molecule has 4 heteroatoms. The molecule has 1 unspecified atom stereocenters. The summed E-state index contributed by atoms with van der Waals surface area (Å²) in [5, 5.41) is 3.50. The molecule has 1 heterocycles. The van der Waals surface area contributed by atoms with Gasteiger partial charge in [0.1, 0.15) is 5.82 Å². The fourth-order valence-corrected chi connectivity index (χ4v) is 2.88. The lowest BCUT2D eigenvalue weighted by Gasteiger charge is -2.20. The van der Waals surface area contributed by atoms with Gasteiger partial charge >= 0.3 is 0 Å². The van der Waals surface area contributed by atoms with E-state index in [1.54, 1.807) is 0 Å². The average Bonchev–Trinajstić information content (AvgIpc) is 2.87. The van der Waals surface area contributed by atoms with Crippen LogP contribution in [-0.2, 0) is 6.54 Å². The Morgan fingerprint density at radius 1 is 1.29 bits per heavy atom. The van der Waals surface area contributed by atoms with Crippen LogP contribution in [0.1, 0.15) is 37.9 Å². The molecular formula is C17H22BrFN2. The van der Waals surface area contributed by atoms with E-state index in [0.717, 1.165) is 11.0 Å². The van der Waals surface area contributed by atoms with E-state index in [0.29, 0.717) is 24.1 Å². The van der Waals surface area contributed by atoms with Gasteiger partial charge in [-0.1, -0.05) is 42.8 Å². The molecule has 21 heavy (non-hydrogen) atoms. The molecule has 0 fully saturated rings. The summed E-state index contributed by atoms with van der Waals surface area (Å²) < 4.78 is 16.7. The molecule has 0 spiro atoms. The topological polar surface area (TPSA) is 17.0 Å². The molecule has 0 radical (unpaired) electrons. The van der Waals surface area contributed by atoms with Gasteiger partial charge < -0.3 is 9.88 Å². The Morgan fingerprint density at radius 2 is 2.05 bits per heavy atom. The molecule has 1 N–H and O–H groups in total. The number of benzene rings is 1. The molecule has 2 aromatic rings. The van der Waals surface area contributed by atoms with Crippen LogP contribution in [0.15, 0.2) is 41.1 Å². The Bertz CT molecular complexity index is 592. The van der Waals surface area contributed by atoms with Crippen LogP contribution in [-0.4, -0.2) is 11.1 Å². The van der Waals surface area contributed by atoms with Crippen molar-refractivity contribution in [2.45, 2.75) is 33.4 Å². The number of hydrogen-bond acceptors (Lipinski definition) is 1. The fourth-order valence-electron chi connectivity index (χ4n) is 2.55. The van der Waals surface area contributed by atoms with Crippen LogP contribution in [0.5, 0.6) is 0 Å². The smallest absolute Gasteiger partial charge is 0.129 e. The van der Waals surface area contributed by atoms with Gasteiger partial charge in [0, 0.05) is 35.0 Å². The minimum atomic E-state index is -0.174. The standard InChI is InChI=1S/C17H22BrFN2/c1-4-20-17(12(2)3)14-7-8-21(11-14)10-13-5-6-15(18)9-16(13)19/h5-9,11-12,17,20H,4,10H2,1-3H3. The SMILES string of the molecule is CCNC(c1ccn(Cc2ccc(Br)cc2F)c1)C(C)C. The maximum Gasteiger partial charge on any atom is 0.129 e. The maximum atomic E-state index is 13.9. The Hall–Kier alpha value is -1.13. The lowest BCUT2D eigenvalue weighted by atomic mass is 9.98. The maximum absolute atomic E-state index is 13.9. The third-order valence-corrected chi connectivity index (χ3v) is 4.08. The summed E-state index contributed by atoms with van der Waals surface area (Å²) in [6.07, 6.45) is 4.12. The van der Waals surface area contributed by atoms with Gasteiger partial charge in [0.2, 0.25) is 0 Å². The largest absolute Gasteiger partial charge is 0.349 e. The molecule has 1 aromatic heterocycles. The van der Waals surface area contributed by atoms with Gasteiger partial charge in [-0.25, -0.2) is 4.39 Å². The van der Waals surface area contributed by atoms with E-state index in [1.165, 1.54) is 11.6 Å². The first-order valence-electron chi connectivity index (χ1n) is 7.34. The summed E-state index contributed by atoms with van der Waals surface area (Å²) in [7, 11) is 0. The minimum absolute atomic E-state index is 0.174. The monoisotopic (exact) mass is 352 g/mol. The van der Waals surface area contributed by atoms with E-state index in [2.05, 4.69) is 54.3 Å². The molecule has 2 nitrogen and oxygen atoms in total. The lowest BCUT2D eigenvalue weighted by Crippen LogP contribution is -2.25. The minimum Gasteiger partial charge on any atom is -0.349 e. The molecule has 1 atom stereocenters. The highest BCUT2D eigenvalue weighted by Gasteiger charge is 2.15. The molecule has 0 aliphatic rings. The van der Waals surface area contributed by atoms with Crippen LogP contribution in [0.4, 0.5) is 4.39 Å². The molecule has 0 saturated heterocycles. The molecule has 0 aliphatic heterocycles. The Morgan fingerprint density at radius 3 is 2.67 bits per heavy atom. The first kappa shape index (κ1) is 16.2. The molecule has 2 rings (SSSR count). The van der Waals surface area contributed by atoms with Gasteiger partial charge in [-0.3, -0.25) is 0 Å². The number of nitrogens with zero attached hydrogens (tertiary/aromatic N) is 1.